The van der Waals surface area contributed by atoms with Gasteiger partial charge in [-0.3, -0.25) is 0 Å². The van der Waals surface area contributed by atoms with Gasteiger partial charge in [-0.15, -0.1) is 11.3 Å². The number of likely N-dealkylation sites (N-methyl/N-ethyl adjacent to an activating group) is 1. The van der Waals surface area contributed by atoms with E-state index in [2.05, 4.69) is 49.7 Å². The number of fused-ring (bicyclic) bond motifs is 2. The minimum Gasteiger partial charge on any atom is -0.371 e. The molecule has 0 aliphatic carbocycles. The van der Waals surface area contributed by atoms with Crippen LogP contribution in [-0.4, -0.2) is 51.6 Å². The van der Waals surface area contributed by atoms with Gasteiger partial charge < -0.3 is 20.6 Å². The molecule has 1 saturated heterocycles. The molecule has 1 spiro atoms. The van der Waals surface area contributed by atoms with Gasteiger partial charge in [0.15, 0.2) is 11.4 Å². The second kappa shape index (κ2) is 7.18. The summed E-state index contributed by atoms with van der Waals surface area (Å²) in [5.74, 6) is 6.85. The maximum absolute atomic E-state index is 10.7. The van der Waals surface area contributed by atoms with Crippen molar-refractivity contribution in [1.82, 2.24) is 19.9 Å². The molecule has 0 radical (unpaired) electrons. The second-order valence-corrected chi connectivity index (χ2v) is 9.63. The number of thiazole rings is 1. The van der Waals surface area contributed by atoms with Crippen LogP contribution in [0.15, 0.2) is 36.0 Å². The summed E-state index contributed by atoms with van der Waals surface area (Å²) >= 11 is 7.82. The number of halogens is 1. The predicted molar refractivity (Wildman–Crippen MR) is 123 cm³/mol. The van der Waals surface area contributed by atoms with E-state index in [0.29, 0.717) is 15.8 Å². The Bertz CT molecular complexity index is 1210. The van der Waals surface area contributed by atoms with Gasteiger partial charge in [0.1, 0.15) is 10.0 Å². The molecule has 31 heavy (non-hydrogen) atoms. The number of rotatable bonds is 2. The zero-order valence-corrected chi connectivity index (χ0v) is 18.7. The van der Waals surface area contributed by atoms with Crippen LogP contribution in [0.1, 0.15) is 23.1 Å². The van der Waals surface area contributed by atoms with Gasteiger partial charge in [0.2, 0.25) is 5.95 Å². The topological polar surface area (TPSA) is 91.4 Å². The summed E-state index contributed by atoms with van der Waals surface area (Å²) in [6.45, 7) is 4.33. The van der Waals surface area contributed by atoms with E-state index in [1.807, 2.05) is 17.5 Å². The van der Waals surface area contributed by atoms with Gasteiger partial charge in [-0.05, 0) is 31.7 Å². The molecule has 4 heterocycles. The summed E-state index contributed by atoms with van der Waals surface area (Å²) in [4.78, 5) is 17.0. The maximum Gasteiger partial charge on any atom is 0.222 e. The zero-order chi connectivity index (χ0) is 21.8. The van der Waals surface area contributed by atoms with E-state index >= 15 is 0 Å². The van der Waals surface area contributed by atoms with Crippen LogP contribution in [0, 0.1) is 11.8 Å². The Morgan fingerprint density at radius 3 is 2.81 bits per heavy atom. The summed E-state index contributed by atoms with van der Waals surface area (Å²) in [5.41, 5.74) is 7.61. The predicted octanol–water partition coefficient (Wildman–Crippen LogP) is 2.76. The molecule has 9 heteroatoms. The monoisotopic (exact) mass is 452 g/mol. The van der Waals surface area contributed by atoms with Crippen LogP contribution in [0.4, 0.5) is 17.5 Å². The third-order valence-electron chi connectivity index (χ3n) is 5.76. The Kier molecular flexibility index (Phi) is 4.68. The largest absolute Gasteiger partial charge is 0.371 e. The van der Waals surface area contributed by atoms with Crippen LogP contribution in [0.2, 0.25) is 5.02 Å². The highest BCUT2D eigenvalue weighted by atomic mass is 35.5. The zero-order valence-electron chi connectivity index (χ0n) is 17.1. The minimum atomic E-state index is -1.31. The fourth-order valence-electron chi connectivity index (χ4n) is 4.47. The highest BCUT2D eigenvalue weighted by Crippen LogP contribution is 2.49. The molecular formula is C22H21ClN6OS. The van der Waals surface area contributed by atoms with Gasteiger partial charge in [0.05, 0.1) is 6.20 Å². The van der Waals surface area contributed by atoms with E-state index in [1.54, 1.807) is 13.1 Å². The molecule has 158 valence electrons. The second-order valence-electron chi connectivity index (χ2n) is 8.33. The lowest BCUT2D eigenvalue weighted by atomic mass is 9.75. The number of nitrogen functional groups attached to an aromatic ring is 1. The van der Waals surface area contributed by atoms with Crippen LogP contribution in [0.5, 0.6) is 0 Å². The van der Waals surface area contributed by atoms with Crippen molar-refractivity contribution in [3.8, 4) is 11.8 Å². The van der Waals surface area contributed by atoms with Gasteiger partial charge in [-0.1, -0.05) is 29.5 Å². The summed E-state index contributed by atoms with van der Waals surface area (Å²) in [7, 11) is 2.11. The number of nitrogens with zero attached hydrogens (tertiary/aromatic N) is 5. The smallest absolute Gasteiger partial charge is 0.222 e. The summed E-state index contributed by atoms with van der Waals surface area (Å²) in [6.07, 6.45) is 3.20. The number of hydrogen-bond donors (Lipinski definition) is 2. The Labute approximate surface area is 189 Å². The standard InChI is InChI=1S/C22H21ClN6OS/c1-21(30,19-25-7-8-31-19)6-5-14-3-4-15-17(9-14)29(13-22(15)11-28(2)12-22)18-16(23)10-26-20(24)27-18/h3-4,7-10,30H,11-13H2,1-2H3,(H2,24,26,27)/t21-/m1/s1. The van der Waals surface area contributed by atoms with Crippen molar-refractivity contribution in [2.75, 3.05) is 37.3 Å². The number of anilines is 3. The van der Waals surface area contributed by atoms with E-state index in [9.17, 15) is 5.11 Å². The Hall–Kier alpha value is -2.70. The summed E-state index contributed by atoms with van der Waals surface area (Å²) in [6, 6.07) is 6.16. The summed E-state index contributed by atoms with van der Waals surface area (Å²) < 4.78 is 0. The molecule has 1 fully saturated rings. The number of likely N-dealkylation sites (tertiary alicyclic amines) is 1. The van der Waals surface area contributed by atoms with Gasteiger partial charge in [0.25, 0.3) is 0 Å². The van der Waals surface area contributed by atoms with Crippen molar-refractivity contribution < 1.29 is 5.11 Å². The molecule has 0 unspecified atom stereocenters. The average molecular weight is 453 g/mol. The van der Waals surface area contributed by atoms with Gasteiger partial charge in [-0.2, -0.15) is 4.98 Å². The maximum atomic E-state index is 10.7. The quantitative estimate of drug-likeness (QED) is 0.577. The molecule has 1 atom stereocenters. The van der Waals surface area contributed by atoms with E-state index in [4.69, 9.17) is 17.3 Å². The van der Waals surface area contributed by atoms with E-state index in [-0.39, 0.29) is 11.4 Å². The first kappa shape index (κ1) is 20.2. The Balaban J connectivity index is 1.57. The molecule has 3 N–H and O–H groups in total. The fraction of sp³-hybridized carbons (Fsp3) is 0.318. The Morgan fingerprint density at radius 1 is 1.29 bits per heavy atom. The molecule has 5 rings (SSSR count). The number of nitrogens with two attached hydrogens (primary N) is 1. The number of aromatic nitrogens is 3. The first-order valence-electron chi connectivity index (χ1n) is 9.82. The van der Waals surface area contributed by atoms with E-state index < -0.39 is 5.60 Å². The molecule has 0 bridgehead atoms. The van der Waals surface area contributed by atoms with Crippen molar-refractivity contribution in [2.45, 2.75) is 17.9 Å². The number of hydrogen-bond acceptors (Lipinski definition) is 8. The van der Waals surface area contributed by atoms with E-state index in [0.717, 1.165) is 30.9 Å². The van der Waals surface area contributed by atoms with Gasteiger partial charge in [-0.25, -0.2) is 9.97 Å². The van der Waals surface area contributed by atoms with Gasteiger partial charge >= 0.3 is 0 Å². The molecule has 3 aromatic rings. The lowest BCUT2D eigenvalue weighted by Crippen LogP contribution is -2.59. The van der Waals surface area contributed by atoms with Crippen LogP contribution in [0.25, 0.3) is 0 Å². The lowest BCUT2D eigenvalue weighted by molar-refractivity contribution is 0.107. The highest BCUT2D eigenvalue weighted by Gasteiger charge is 2.50. The first-order valence-corrected chi connectivity index (χ1v) is 11.1. The van der Waals surface area contributed by atoms with Crippen LogP contribution >= 0.6 is 22.9 Å². The third kappa shape index (κ3) is 3.44. The SMILES string of the molecule is CN1CC2(C1)CN(c1nc(N)ncc1Cl)c1cc(C#C[C@@](C)(O)c3nccs3)ccc12. The molecule has 7 nitrogen and oxygen atoms in total. The van der Waals surface area contributed by atoms with Crippen LogP contribution in [-0.2, 0) is 11.0 Å². The molecule has 2 aliphatic rings. The molecule has 2 aliphatic heterocycles. The normalized spacial score (nSPS) is 18.8. The van der Waals surface area contributed by atoms with Crippen molar-refractivity contribution in [3.05, 3.63) is 57.1 Å². The average Bonchev–Trinajstić information content (AvgIpc) is 3.36. The van der Waals surface area contributed by atoms with Crippen molar-refractivity contribution in [2.24, 2.45) is 0 Å². The fourth-order valence-corrected chi connectivity index (χ4v) is 5.32. The summed E-state index contributed by atoms with van der Waals surface area (Å²) in [5, 5.41) is 13.5. The minimum absolute atomic E-state index is 0.0193. The van der Waals surface area contributed by atoms with E-state index in [1.165, 1.54) is 23.1 Å². The van der Waals surface area contributed by atoms with Crippen LogP contribution < -0.4 is 10.6 Å². The molecular weight excluding hydrogens is 432 g/mol. The lowest BCUT2D eigenvalue weighted by Gasteiger charge is -2.46. The van der Waals surface area contributed by atoms with Crippen LogP contribution in [0.3, 0.4) is 0 Å². The third-order valence-corrected chi connectivity index (χ3v) is 7.02. The Morgan fingerprint density at radius 2 is 2.10 bits per heavy atom. The van der Waals surface area contributed by atoms with Gasteiger partial charge in [0, 0.05) is 47.9 Å². The van der Waals surface area contributed by atoms with Crippen molar-refractivity contribution >= 4 is 40.4 Å². The molecule has 2 aromatic heterocycles. The molecule has 0 saturated carbocycles. The van der Waals surface area contributed by atoms with Crippen molar-refractivity contribution in [3.63, 3.8) is 0 Å². The molecule has 1 aromatic carbocycles. The molecule has 0 amide bonds. The number of benzene rings is 1. The highest BCUT2D eigenvalue weighted by molar-refractivity contribution is 7.09. The number of aliphatic hydroxyl groups is 1. The first-order chi connectivity index (χ1) is 14.8. The van der Waals surface area contributed by atoms with Crippen molar-refractivity contribution in [1.29, 1.82) is 0 Å².